The van der Waals surface area contributed by atoms with Gasteiger partial charge in [-0.15, -0.1) is 0 Å². The zero-order chi connectivity index (χ0) is 27.6. The van der Waals surface area contributed by atoms with Crippen LogP contribution in [0.1, 0.15) is 86.0 Å². The molecule has 0 aromatic heterocycles. The van der Waals surface area contributed by atoms with Gasteiger partial charge < -0.3 is 19.5 Å². The van der Waals surface area contributed by atoms with Crippen molar-refractivity contribution in [1.82, 2.24) is 4.90 Å². The van der Waals surface area contributed by atoms with E-state index in [9.17, 15) is 19.5 Å². The van der Waals surface area contributed by atoms with Gasteiger partial charge in [0.2, 0.25) is 5.91 Å². The molecule has 2 aliphatic rings. The van der Waals surface area contributed by atoms with Gasteiger partial charge in [-0.3, -0.25) is 9.59 Å². The third-order valence-corrected chi connectivity index (χ3v) is 12.7. The zero-order valence-electron chi connectivity index (χ0n) is 23.7. The number of aliphatic hydroxyl groups excluding tert-OH is 1. The van der Waals surface area contributed by atoms with E-state index in [1.54, 1.807) is 11.8 Å². The van der Waals surface area contributed by atoms with Gasteiger partial charge in [0.05, 0.1) is 18.1 Å². The summed E-state index contributed by atoms with van der Waals surface area (Å²) in [6, 6.07) is -0.584. The summed E-state index contributed by atoms with van der Waals surface area (Å²) in [7, 11) is 0. The van der Waals surface area contributed by atoms with E-state index in [1.807, 2.05) is 6.92 Å². The zero-order valence-corrected chi connectivity index (χ0v) is 24.6. The normalized spacial score (nSPS) is 23.4. The number of carbonyl (C=O) groups is 3. The van der Waals surface area contributed by atoms with Crippen LogP contribution in [0.15, 0.2) is 12.7 Å². The van der Waals surface area contributed by atoms with Crippen LogP contribution in [0, 0.1) is 11.8 Å². The molecular weight excluding hydrogens is 489 g/mol. The average Bonchev–Trinajstić information content (AvgIpc) is 3.42. The lowest BCUT2D eigenvalue weighted by atomic mass is 9.74. The average molecular weight is 540 g/mol. The van der Waals surface area contributed by atoms with Crippen LogP contribution < -0.4 is 0 Å². The van der Waals surface area contributed by atoms with Crippen molar-refractivity contribution in [3.05, 3.63) is 12.7 Å². The lowest BCUT2D eigenvalue weighted by Gasteiger charge is -2.53. The third kappa shape index (κ3) is 7.36. The highest BCUT2D eigenvalue weighted by Crippen LogP contribution is 2.54. The third-order valence-electron chi connectivity index (χ3n) is 7.93. The summed E-state index contributed by atoms with van der Waals surface area (Å²) >= 11 is 0. The predicted molar refractivity (Wildman–Crippen MR) is 151 cm³/mol. The second-order valence-electron chi connectivity index (χ2n) is 10.7. The van der Waals surface area contributed by atoms with Crippen molar-refractivity contribution in [2.75, 3.05) is 31.7 Å². The van der Waals surface area contributed by atoms with E-state index in [-0.39, 0.29) is 18.3 Å². The Hall–Kier alpha value is -1.43. The maximum absolute atomic E-state index is 13.8. The van der Waals surface area contributed by atoms with Gasteiger partial charge in [-0.05, 0) is 57.5 Å². The minimum Gasteiger partial charge on any atom is -0.457 e. The Bertz CT molecular complexity index is 819. The lowest BCUT2D eigenvalue weighted by molar-refractivity contribution is -0.163. The summed E-state index contributed by atoms with van der Waals surface area (Å²) in [5, 5.41) is 10.6. The van der Waals surface area contributed by atoms with Crippen LogP contribution in [0.25, 0.3) is 0 Å². The van der Waals surface area contributed by atoms with Crippen LogP contribution in [0.5, 0.6) is 0 Å². The van der Waals surface area contributed by atoms with E-state index < -0.39 is 42.9 Å². The van der Waals surface area contributed by atoms with Gasteiger partial charge in [0.25, 0.3) is 0 Å². The Balaban J connectivity index is 2.72. The number of ether oxygens (including phenoxy) is 2. The molecule has 0 unspecified atom stereocenters. The fourth-order valence-electron chi connectivity index (χ4n) is 5.82. The molecule has 212 valence electrons. The highest BCUT2D eigenvalue weighted by atomic mass is 31.2. The molecule has 1 amide bonds. The molecule has 0 saturated carbocycles. The number of unbranched alkanes of at least 4 members (excludes halogenated alkanes) is 3. The molecule has 0 bridgehead atoms. The van der Waals surface area contributed by atoms with Crippen LogP contribution in [0.4, 0.5) is 0 Å². The maximum atomic E-state index is 13.8. The quantitative estimate of drug-likeness (QED) is 0.123. The van der Waals surface area contributed by atoms with Crippen LogP contribution >= 0.6 is 6.89 Å². The van der Waals surface area contributed by atoms with Gasteiger partial charge in [-0.25, -0.2) is 4.79 Å². The molecule has 2 fully saturated rings. The number of hydrogen-bond acceptors (Lipinski definition) is 6. The molecule has 7 nitrogen and oxygen atoms in total. The Labute approximate surface area is 224 Å². The molecule has 37 heavy (non-hydrogen) atoms. The molecule has 1 N–H and O–H groups in total. The number of hydrogen-bond donors (Lipinski definition) is 1. The van der Waals surface area contributed by atoms with Crippen LogP contribution in [0.3, 0.4) is 0 Å². The van der Waals surface area contributed by atoms with E-state index in [1.165, 1.54) is 6.08 Å². The highest BCUT2D eigenvalue weighted by molar-refractivity contribution is 7.77. The first-order valence-electron chi connectivity index (χ1n) is 14.4. The van der Waals surface area contributed by atoms with E-state index in [0.717, 1.165) is 63.4 Å². The minimum absolute atomic E-state index is 0.0518. The number of carbonyl (C=O) groups excluding carboxylic acids is 3. The molecule has 8 heteroatoms. The van der Waals surface area contributed by atoms with Gasteiger partial charge in [-0.1, -0.05) is 66.5 Å². The first-order valence-corrected chi connectivity index (χ1v) is 16.7. The molecule has 2 heterocycles. The molecule has 5 atom stereocenters. The van der Waals surface area contributed by atoms with E-state index in [0.29, 0.717) is 18.4 Å². The summed E-state index contributed by atoms with van der Waals surface area (Å²) in [4.78, 5) is 42.6. The fourth-order valence-corrected chi connectivity index (χ4v) is 11.0. The SMILES string of the molecule is C=CCOC(=O)C(N1C(=O)[C@H]([C@@H](C)O)[C@H]1[C@@H](C)C(=O)[C@H]1CCCO1)=P(CCCC)(CCCC)CCCC. The molecule has 2 aliphatic heterocycles. The van der Waals surface area contributed by atoms with Gasteiger partial charge in [0.1, 0.15) is 18.1 Å². The van der Waals surface area contributed by atoms with Crippen molar-refractivity contribution in [2.45, 2.75) is 104 Å². The van der Waals surface area contributed by atoms with Crippen molar-refractivity contribution >= 4 is 30.0 Å². The minimum atomic E-state index is -2.11. The Morgan fingerprint density at radius 3 is 2.14 bits per heavy atom. The first kappa shape index (κ1) is 31.8. The molecule has 0 aliphatic carbocycles. The van der Waals surface area contributed by atoms with E-state index in [2.05, 4.69) is 27.4 Å². The van der Waals surface area contributed by atoms with Crippen molar-refractivity contribution in [1.29, 1.82) is 0 Å². The van der Waals surface area contributed by atoms with Gasteiger partial charge in [0, 0.05) is 12.5 Å². The lowest BCUT2D eigenvalue weighted by Crippen LogP contribution is -2.70. The number of amides is 1. The fraction of sp³-hybridized carbons (Fsp3) is 0.793. The van der Waals surface area contributed by atoms with E-state index >= 15 is 0 Å². The van der Waals surface area contributed by atoms with Gasteiger partial charge in [-0.2, -0.15) is 0 Å². The van der Waals surface area contributed by atoms with E-state index in [4.69, 9.17) is 9.47 Å². The smallest absolute Gasteiger partial charge is 0.355 e. The number of ketones is 1. The summed E-state index contributed by atoms with van der Waals surface area (Å²) < 4.78 is 11.3. The molecule has 0 aromatic rings. The van der Waals surface area contributed by atoms with Crippen LogP contribution in [-0.2, 0) is 23.9 Å². The largest absolute Gasteiger partial charge is 0.457 e. The first-order chi connectivity index (χ1) is 17.7. The summed E-state index contributed by atoms with van der Waals surface area (Å²) in [6.45, 7) is 12.1. The molecular formula is C29H50NO6P. The highest BCUT2D eigenvalue weighted by Gasteiger charge is 2.57. The number of rotatable bonds is 17. The standard InChI is InChI=1S/C29H50NO6P/c1-7-11-18-37(19-12-8-2,20-13-9-3)28(29(34)36-16-10-4)30-25(24(22(6)31)27(30)33)21(5)26(32)23-15-14-17-35-23/h10,21-25,31H,4,7-9,11-20H2,1-3,5-6H3/t21-,22-,23-,24-,25-/m1/s1. The van der Waals surface area contributed by atoms with Crippen molar-refractivity contribution in [2.24, 2.45) is 11.8 Å². The van der Waals surface area contributed by atoms with Crippen molar-refractivity contribution in [3.63, 3.8) is 0 Å². The Morgan fingerprint density at radius 2 is 1.70 bits per heavy atom. The second-order valence-corrected chi connectivity index (χ2v) is 14.8. The van der Waals surface area contributed by atoms with Gasteiger partial charge >= 0.3 is 5.97 Å². The Morgan fingerprint density at radius 1 is 1.14 bits per heavy atom. The Kier molecular flexibility index (Phi) is 13.1. The summed E-state index contributed by atoms with van der Waals surface area (Å²) in [5.74, 6) is -2.08. The number of likely N-dealkylation sites (tertiary alicyclic amines) is 1. The molecule has 0 radical (unpaired) electrons. The van der Waals surface area contributed by atoms with Gasteiger partial charge in [0.15, 0.2) is 5.78 Å². The number of β-lactam (4-membered cyclic amide) rings is 1. The second kappa shape index (κ2) is 15.2. The molecule has 2 rings (SSSR count). The predicted octanol–water partition coefficient (Wildman–Crippen LogP) is 4.86. The van der Waals surface area contributed by atoms with Crippen molar-refractivity contribution < 1.29 is 29.0 Å². The monoisotopic (exact) mass is 539 g/mol. The topological polar surface area (TPSA) is 93.1 Å². The number of esters is 1. The number of aliphatic hydroxyl groups is 1. The number of nitrogens with zero attached hydrogens (tertiary/aromatic N) is 1. The maximum Gasteiger partial charge on any atom is 0.355 e. The molecule has 2 saturated heterocycles. The van der Waals surface area contributed by atoms with Crippen LogP contribution in [-0.4, -0.2) is 83.0 Å². The molecule has 0 spiro atoms. The number of Topliss-reactive ketones (excluding diaryl/α,β-unsaturated/α-hetero) is 1. The molecule has 0 aromatic carbocycles. The van der Waals surface area contributed by atoms with Crippen LogP contribution in [0.2, 0.25) is 0 Å². The summed E-state index contributed by atoms with van der Waals surface area (Å²) in [5.41, 5.74) is 0.489. The van der Waals surface area contributed by atoms with Crippen molar-refractivity contribution in [3.8, 4) is 0 Å². The summed E-state index contributed by atoms with van der Waals surface area (Å²) in [6.07, 6.45) is 10.2.